The fraction of sp³-hybridized carbons (Fsp3) is 0.846. The van der Waals surface area contributed by atoms with Crippen molar-refractivity contribution in [3.63, 3.8) is 0 Å². The highest BCUT2D eigenvalue weighted by molar-refractivity contribution is 5.80. The molecule has 1 rings (SSSR count). The topological polar surface area (TPSA) is 81.1 Å². The maximum Gasteiger partial charge on any atom is 0.323 e. The molecule has 1 heterocycles. The van der Waals surface area contributed by atoms with Crippen LogP contribution in [0.5, 0.6) is 0 Å². The van der Waals surface area contributed by atoms with Gasteiger partial charge < -0.3 is 20.0 Å². The number of nitrogens with zero attached hydrogens (tertiary/aromatic N) is 2. The second-order valence-corrected chi connectivity index (χ2v) is 5.56. The summed E-state index contributed by atoms with van der Waals surface area (Å²) in [6.45, 7) is 5.52. The molecule has 0 saturated carbocycles. The zero-order valence-electron chi connectivity index (χ0n) is 11.7. The van der Waals surface area contributed by atoms with Crippen molar-refractivity contribution >= 4 is 12.0 Å². The summed E-state index contributed by atoms with van der Waals surface area (Å²) in [5, 5.41) is 17.8. The summed E-state index contributed by atoms with van der Waals surface area (Å²) >= 11 is 0. The Morgan fingerprint density at radius 1 is 1.42 bits per heavy atom. The minimum Gasteiger partial charge on any atom is -0.480 e. The van der Waals surface area contributed by atoms with Gasteiger partial charge in [0.05, 0.1) is 0 Å². The van der Waals surface area contributed by atoms with Crippen LogP contribution >= 0.6 is 0 Å². The molecule has 1 unspecified atom stereocenters. The Morgan fingerprint density at radius 3 is 2.63 bits per heavy atom. The zero-order chi connectivity index (χ0) is 14.4. The molecular formula is C13H24N2O4. The van der Waals surface area contributed by atoms with Crippen molar-refractivity contribution in [2.24, 2.45) is 11.8 Å². The average molecular weight is 272 g/mol. The molecule has 0 aromatic carbocycles. The normalized spacial score (nSPS) is 18.9. The highest BCUT2D eigenvalue weighted by Crippen LogP contribution is 2.20. The van der Waals surface area contributed by atoms with Crippen molar-refractivity contribution in [1.29, 1.82) is 0 Å². The van der Waals surface area contributed by atoms with Crippen LogP contribution in [0.3, 0.4) is 0 Å². The van der Waals surface area contributed by atoms with E-state index in [0.717, 1.165) is 6.42 Å². The zero-order valence-corrected chi connectivity index (χ0v) is 11.7. The molecule has 1 aliphatic heterocycles. The van der Waals surface area contributed by atoms with Gasteiger partial charge in [-0.05, 0) is 24.7 Å². The fourth-order valence-corrected chi connectivity index (χ4v) is 2.44. The van der Waals surface area contributed by atoms with Crippen molar-refractivity contribution in [3.05, 3.63) is 0 Å². The molecule has 2 N–H and O–H groups in total. The summed E-state index contributed by atoms with van der Waals surface area (Å²) in [4.78, 5) is 26.2. The van der Waals surface area contributed by atoms with Gasteiger partial charge in [0.1, 0.15) is 6.54 Å². The molecular weight excluding hydrogens is 248 g/mol. The van der Waals surface area contributed by atoms with Gasteiger partial charge in [-0.25, -0.2) is 4.79 Å². The molecule has 6 nitrogen and oxygen atoms in total. The lowest BCUT2D eigenvalue weighted by Crippen LogP contribution is -2.46. The Morgan fingerprint density at radius 2 is 2.11 bits per heavy atom. The summed E-state index contributed by atoms with van der Waals surface area (Å²) in [7, 11) is 0. The number of carboxylic acid groups (broad SMARTS) is 1. The lowest BCUT2D eigenvalue weighted by Gasteiger charge is -2.28. The van der Waals surface area contributed by atoms with Gasteiger partial charge in [-0.1, -0.05) is 13.8 Å². The first-order valence-electron chi connectivity index (χ1n) is 6.80. The lowest BCUT2D eigenvalue weighted by atomic mass is 10.1. The molecule has 0 bridgehead atoms. The molecule has 0 aliphatic carbocycles. The van der Waals surface area contributed by atoms with E-state index in [0.29, 0.717) is 32.0 Å². The number of hydrogen-bond acceptors (Lipinski definition) is 3. The number of likely N-dealkylation sites (tertiary alicyclic amines) is 1. The molecule has 1 fully saturated rings. The van der Waals surface area contributed by atoms with E-state index >= 15 is 0 Å². The van der Waals surface area contributed by atoms with E-state index < -0.39 is 5.97 Å². The molecule has 0 radical (unpaired) electrons. The van der Waals surface area contributed by atoms with Crippen molar-refractivity contribution in [2.45, 2.75) is 26.7 Å². The number of amides is 2. The van der Waals surface area contributed by atoms with Crippen molar-refractivity contribution in [3.8, 4) is 0 Å². The van der Waals surface area contributed by atoms with Gasteiger partial charge in [-0.2, -0.15) is 0 Å². The first-order chi connectivity index (χ1) is 8.93. The van der Waals surface area contributed by atoms with E-state index in [-0.39, 0.29) is 25.1 Å². The Bertz CT molecular complexity index is 320. The van der Waals surface area contributed by atoms with Crippen LogP contribution in [-0.4, -0.2) is 64.8 Å². The minimum absolute atomic E-state index is 0.136. The van der Waals surface area contributed by atoms with Crippen molar-refractivity contribution in [1.82, 2.24) is 9.80 Å². The second kappa shape index (κ2) is 7.33. The minimum atomic E-state index is -0.986. The molecule has 110 valence electrons. The maximum atomic E-state index is 12.3. The number of carbonyl (C=O) groups is 2. The third-order valence-electron chi connectivity index (χ3n) is 3.28. The van der Waals surface area contributed by atoms with E-state index in [4.69, 9.17) is 10.2 Å². The van der Waals surface area contributed by atoms with Gasteiger partial charge in [-0.15, -0.1) is 0 Å². The molecule has 6 heteroatoms. The number of urea groups is 1. The molecule has 2 amide bonds. The quantitative estimate of drug-likeness (QED) is 0.751. The fourth-order valence-electron chi connectivity index (χ4n) is 2.44. The number of carboxylic acids is 1. The van der Waals surface area contributed by atoms with E-state index in [1.54, 1.807) is 4.90 Å². The first-order valence-corrected chi connectivity index (χ1v) is 6.80. The number of rotatable bonds is 6. The third kappa shape index (κ3) is 5.06. The first kappa shape index (κ1) is 15.8. The van der Waals surface area contributed by atoms with Gasteiger partial charge in [0.25, 0.3) is 0 Å². The van der Waals surface area contributed by atoms with E-state index in [1.807, 2.05) is 13.8 Å². The Labute approximate surface area is 114 Å². The summed E-state index contributed by atoms with van der Waals surface area (Å²) in [5.74, 6) is -0.418. The molecule has 0 spiro atoms. The third-order valence-corrected chi connectivity index (χ3v) is 3.28. The van der Waals surface area contributed by atoms with Crippen LogP contribution in [0.4, 0.5) is 4.79 Å². The van der Waals surface area contributed by atoms with Crippen LogP contribution in [0.2, 0.25) is 0 Å². The van der Waals surface area contributed by atoms with Gasteiger partial charge in [0.2, 0.25) is 0 Å². The summed E-state index contributed by atoms with van der Waals surface area (Å²) in [6, 6.07) is -0.198. The van der Waals surface area contributed by atoms with E-state index in [2.05, 4.69) is 0 Å². The number of aliphatic hydroxyl groups is 1. The highest BCUT2D eigenvalue weighted by atomic mass is 16.4. The Balaban J connectivity index is 2.58. The van der Waals surface area contributed by atoms with E-state index in [1.165, 1.54) is 4.90 Å². The van der Waals surface area contributed by atoms with Crippen molar-refractivity contribution < 1.29 is 19.8 Å². The smallest absolute Gasteiger partial charge is 0.323 e. The van der Waals surface area contributed by atoms with E-state index in [9.17, 15) is 9.59 Å². The predicted molar refractivity (Wildman–Crippen MR) is 70.8 cm³/mol. The van der Waals surface area contributed by atoms with Gasteiger partial charge in [-0.3, -0.25) is 4.79 Å². The molecule has 0 aromatic rings. The number of hydrogen-bond donors (Lipinski definition) is 2. The van der Waals surface area contributed by atoms with Gasteiger partial charge in [0.15, 0.2) is 0 Å². The van der Waals surface area contributed by atoms with Crippen LogP contribution < -0.4 is 0 Å². The second-order valence-electron chi connectivity index (χ2n) is 5.56. The van der Waals surface area contributed by atoms with Crippen LogP contribution in [0.15, 0.2) is 0 Å². The lowest BCUT2D eigenvalue weighted by molar-refractivity contribution is -0.137. The largest absolute Gasteiger partial charge is 0.480 e. The Kier molecular flexibility index (Phi) is 6.08. The molecule has 1 atom stereocenters. The molecule has 1 aliphatic rings. The van der Waals surface area contributed by atoms with Crippen LogP contribution in [0, 0.1) is 11.8 Å². The summed E-state index contributed by atoms with van der Waals surface area (Å²) in [5.41, 5.74) is 0. The molecule has 0 aromatic heterocycles. The number of carbonyl (C=O) groups excluding carboxylic acids is 1. The van der Waals surface area contributed by atoms with Crippen LogP contribution in [0.1, 0.15) is 26.7 Å². The monoisotopic (exact) mass is 272 g/mol. The standard InChI is InChI=1S/C13H24N2O4/c1-10(2)7-15(9-12(17)18)13(19)14-5-3-11(8-14)4-6-16/h10-11,16H,3-9H2,1-2H3,(H,17,18). The maximum absolute atomic E-state index is 12.3. The van der Waals surface area contributed by atoms with Crippen LogP contribution in [-0.2, 0) is 4.79 Å². The number of aliphatic hydroxyl groups excluding tert-OH is 1. The van der Waals surface area contributed by atoms with Gasteiger partial charge in [0, 0.05) is 26.2 Å². The average Bonchev–Trinajstić information content (AvgIpc) is 2.75. The molecule has 1 saturated heterocycles. The predicted octanol–water partition coefficient (Wildman–Crippen LogP) is 0.853. The highest BCUT2D eigenvalue weighted by Gasteiger charge is 2.30. The van der Waals surface area contributed by atoms with Crippen LogP contribution in [0.25, 0.3) is 0 Å². The SMILES string of the molecule is CC(C)CN(CC(=O)O)C(=O)N1CCC(CCO)C1. The van der Waals surface area contributed by atoms with Gasteiger partial charge >= 0.3 is 12.0 Å². The Hall–Kier alpha value is -1.30. The molecule has 19 heavy (non-hydrogen) atoms. The number of aliphatic carboxylic acids is 1. The van der Waals surface area contributed by atoms with Crippen molar-refractivity contribution in [2.75, 3.05) is 32.8 Å². The summed E-state index contributed by atoms with van der Waals surface area (Å²) < 4.78 is 0. The summed E-state index contributed by atoms with van der Waals surface area (Å²) in [6.07, 6.45) is 1.59.